The molecule has 0 bridgehead atoms. The minimum atomic E-state index is -1.71. The second kappa shape index (κ2) is 57.6. The van der Waals surface area contributed by atoms with Gasteiger partial charge in [-0.1, -0.05) is 80.2 Å². The number of nitrogens with zero attached hydrogens (tertiary/aromatic N) is 1. The number of nitrogens with two attached hydrogens (primary N) is 1. The maximum atomic E-state index is 14.4. The molecule has 1 saturated carbocycles. The van der Waals surface area contributed by atoms with Gasteiger partial charge in [0.1, 0.15) is 70.7 Å². The first kappa shape index (κ1) is 110. The van der Waals surface area contributed by atoms with Crippen LogP contribution in [0.25, 0.3) is 0 Å². The topological polar surface area (TPSA) is 534 Å². The predicted octanol–water partition coefficient (Wildman–Crippen LogP) is 5.13. The fourth-order valence-corrected chi connectivity index (χ4v) is 12.0. The molecule has 1 aromatic rings. The van der Waals surface area contributed by atoms with Gasteiger partial charge in [-0.05, 0) is 183 Å². The van der Waals surface area contributed by atoms with Crippen molar-refractivity contribution in [3.05, 3.63) is 29.8 Å². The number of carbonyl (C=O) groups is 15. The average molecular weight is 1760 g/mol. The fraction of sp³-hybridized carbons (Fsp3) is 0.741. The van der Waals surface area contributed by atoms with Crippen molar-refractivity contribution in [3.63, 3.8) is 0 Å². The highest BCUT2D eigenvalue weighted by Crippen LogP contribution is 2.22. The minimum absolute atomic E-state index is 0.00199. The molecule has 0 spiro atoms. The normalized spacial score (nSPS) is 14.5. The van der Waals surface area contributed by atoms with Crippen LogP contribution in [0.5, 0.6) is 0 Å². The summed E-state index contributed by atoms with van der Waals surface area (Å²) in [4.78, 5) is 207. The zero-order valence-corrected chi connectivity index (χ0v) is 76.5. The van der Waals surface area contributed by atoms with Gasteiger partial charge in [0.15, 0.2) is 0 Å². The van der Waals surface area contributed by atoms with Crippen LogP contribution < -0.4 is 74.9 Å². The molecular formula is C85H145N15O24. The number of hydrogen-bond acceptors (Lipinski definition) is 25. The van der Waals surface area contributed by atoms with Crippen LogP contribution in [0.1, 0.15) is 245 Å². The van der Waals surface area contributed by atoms with E-state index in [1.54, 1.807) is 96.9 Å². The molecule has 1 aliphatic carbocycles. The van der Waals surface area contributed by atoms with Crippen LogP contribution in [-0.4, -0.2) is 252 Å². The zero-order chi connectivity index (χ0) is 93.3. The first-order valence-electron chi connectivity index (χ1n) is 43.1. The number of hydrogen-bond donors (Lipinski definition) is 14. The van der Waals surface area contributed by atoms with Crippen LogP contribution in [0, 0.1) is 17.8 Å². The molecule has 39 heteroatoms. The number of nitrogens with one attached hydrogen (secondary N) is 13. The molecule has 2 rings (SSSR count). The van der Waals surface area contributed by atoms with Crippen molar-refractivity contribution in [3.8, 4) is 0 Å². The summed E-state index contributed by atoms with van der Waals surface area (Å²) < 4.78 is 49.6. The third kappa shape index (κ3) is 51.4. The van der Waals surface area contributed by atoms with E-state index in [-0.39, 0.29) is 126 Å². The second-order valence-corrected chi connectivity index (χ2v) is 35.1. The molecule has 15 N–H and O–H groups in total. The monoisotopic (exact) mass is 1760 g/mol. The Morgan fingerprint density at radius 2 is 0.911 bits per heavy atom. The lowest BCUT2D eigenvalue weighted by Crippen LogP contribution is -2.63. The summed E-state index contributed by atoms with van der Waals surface area (Å²) >= 11 is 0. The highest BCUT2D eigenvalue weighted by molar-refractivity contribution is 6.04. The molecule has 0 radical (unpaired) electrons. The highest BCUT2D eigenvalue weighted by Gasteiger charge is 2.39. The molecule has 0 unspecified atom stereocenters. The maximum Gasteiger partial charge on any atom is 0.414 e. The molecule has 0 heterocycles. The van der Waals surface area contributed by atoms with Crippen LogP contribution in [0.3, 0.4) is 0 Å². The summed E-state index contributed by atoms with van der Waals surface area (Å²) in [6.45, 7) is 33.2. The van der Waals surface area contributed by atoms with Gasteiger partial charge in [0.25, 0.3) is 5.91 Å². The number of urea groups is 1. The molecule has 0 aliphatic heterocycles. The number of benzene rings is 1. The van der Waals surface area contributed by atoms with Crippen molar-refractivity contribution in [2.24, 2.45) is 28.5 Å². The van der Waals surface area contributed by atoms with E-state index in [0.717, 1.165) is 25.7 Å². The summed E-state index contributed by atoms with van der Waals surface area (Å²) in [6.07, 6.45) is 6.55. The number of rotatable bonds is 52. The van der Waals surface area contributed by atoms with Gasteiger partial charge in [0.05, 0.1) is 91.1 Å². The van der Waals surface area contributed by atoms with Crippen molar-refractivity contribution in [2.45, 2.75) is 305 Å². The van der Waals surface area contributed by atoms with Crippen molar-refractivity contribution in [1.29, 1.82) is 0 Å². The third-order valence-electron chi connectivity index (χ3n) is 17.9. The molecule has 14 amide bonds. The first-order chi connectivity index (χ1) is 58.0. The van der Waals surface area contributed by atoms with Gasteiger partial charge < -0.3 is 107 Å². The van der Waals surface area contributed by atoms with Gasteiger partial charge >= 0.3 is 30.2 Å². The van der Waals surface area contributed by atoms with Gasteiger partial charge in [0, 0.05) is 18.7 Å². The molecule has 0 aromatic heterocycles. The fourth-order valence-electron chi connectivity index (χ4n) is 12.0. The number of aliphatic imine (C=N–C) groups is 1. The number of esters is 2. The quantitative estimate of drug-likeness (QED) is 0.0132. The number of alkyl carbamates (subject to hydrolysis) is 2. The van der Waals surface area contributed by atoms with Crippen LogP contribution in [0.4, 0.5) is 20.1 Å². The lowest BCUT2D eigenvalue weighted by atomic mass is 9.98. The molecule has 124 heavy (non-hydrogen) atoms. The van der Waals surface area contributed by atoms with Crippen molar-refractivity contribution in [1.82, 2.24) is 69.1 Å². The van der Waals surface area contributed by atoms with E-state index < -0.39 is 167 Å². The van der Waals surface area contributed by atoms with Gasteiger partial charge in [-0.15, -0.1) is 0 Å². The molecular weight excluding hydrogens is 1620 g/mol. The molecule has 1 fully saturated rings. The highest BCUT2D eigenvalue weighted by atomic mass is 16.6. The van der Waals surface area contributed by atoms with Gasteiger partial charge in [0.2, 0.25) is 59.1 Å². The lowest BCUT2D eigenvalue weighted by Gasteiger charge is -2.31. The van der Waals surface area contributed by atoms with Crippen LogP contribution in [0.2, 0.25) is 0 Å². The Morgan fingerprint density at radius 1 is 0.460 bits per heavy atom. The maximum absolute atomic E-state index is 14.4. The molecule has 1 aliphatic rings. The molecule has 0 saturated heterocycles. The van der Waals surface area contributed by atoms with Crippen LogP contribution in [-0.2, 0) is 95.4 Å². The Kier molecular flexibility index (Phi) is 51.2. The van der Waals surface area contributed by atoms with Gasteiger partial charge in [-0.2, -0.15) is 0 Å². The van der Waals surface area contributed by atoms with E-state index in [9.17, 15) is 71.9 Å². The number of primary amides is 1. The molecule has 39 nitrogen and oxygen atoms in total. The smallest absolute Gasteiger partial charge is 0.414 e. The van der Waals surface area contributed by atoms with E-state index in [1.807, 2.05) is 13.8 Å². The summed E-state index contributed by atoms with van der Waals surface area (Å²) in [7, 11) is 0. The number of carbonyl (C=O) groups excluding carboxylic acids is 15. The molecule has 7 atom stereocenters. The summed E-state index contributed by atoms with van der Waals surface area (Å²) in [5, 5.41) is 33.3. The summed E-state index contributed by atoms with van der Waals surface area (Å²) in [6, 6.07) is -4.91. The Labute approximate surface area is 730 Å². The third-order valence-corrected chi connectivity index (χ3v) is 17.9. The van der Waals surface area contributed by atoms with Crippen molar-refractivity contribution < 1.29 is 115 Å². The molecule has 704 valence electrons. The average Bonchev–Trinajstić information content (AvgIpc) is 0.847. The van der Waals surface area contributed by atoms with Gasteiger partial charge in [-0.3, -0.25) is 68.2 Å². The van der Waals surface area contributed by atoms with Crippen molar-refractivity contribution >= 4 is 101 Å². The van der Waals surface area contributed by atoms with Crippen LogP contribution >= 0.6 is 0 Å². The molecule has 1 aromatic carbocycles. The Hall–Kier alpha value is -9.86. The van der Waals surface area contributed by atoms with Crippen LogP contribution in [0.15, 0.2) is 29.3 Å². The first-order valence-corrected chi connectivity index (χ1v) is 43.1. The Bertz CT molecular complexity index is 3550. The number of ether oxygens (including phenoxy) is 9. The predicted molar refractivity (Wildman–Crippen MR) is 460 cm³/mol. The summed E-state index contributed by atoms with van der Waals surface area (Å²) in [5.74, 6) is -10.5. The van der Waals surface area contributed by atoms with Gasteiger partial charge in [-0.25, -0.2) is 19.4 Å². The summed E-state index contributed by atoms with van der Waals surface area (Å²) in [5.41, 5.74) is 0.688. The Morgan fingerprint density at radius 3 is 1.40 bits per heavy atom. The lowest BCUT2D eigenvalue weighted by molar-refractivity contribution is -0.156. The number of guanidine groups is 1. The Balaban J connectivity index is 2.11. The SMILES string of the molecule is CC[C@H](NC(=O)[C@H](C)NC(=O)[C@H](CC(C)C)NC(=O)[C@H](CC(=O)OC(C)(C)C)NC(=O)CNC(=O)c1cccc(N=C(NC(=O)OC(C)(C)C)NC(=O)OC(C)(C)C)c1)C(=O)N[C@@H](CC(C)C)C(=O)N[C@@H](CCCNC(N)=O)C(=O)NC(C)(C)C(=O)N[C@@H](CC(C)C)C(=O)NCCOCCOCCOCCOCCOCCC(=O)OC1CCCCCCCC1. The largest absolute Gasteiger partial charge is 0.462 e. The van der Waals surface area contributed by atoms with E-state index >= 15 is 0 Å². The van der Waals surface area contributed by atoms with Crippen molar-refractivity contribution in [2.75, 3.05) is 85.7 Å². The van der Waals surface area contributed by atoms with E-state index in [4.69, 9.17) is 48.4 Å². The standard InChI is InChI=1S/C85H145N15O24/c1-20-60(93-69(104)56(8)90-73(108)63(48-54(4)5)96-75(110)65(51-68(103)122-82(9,10)11)92-66(101)52-89-70(105)57-29-27-30-58(50-57)91-79(98-80(114)123-83(12,13)14)99-81(115)124-84(15,16)17)72(107)95-64(49-55(6)7)74(109)94-61(33-28-35-88-78(86)113)76(111)100-85(18,19)77(112)97-62(47-53(2)3)71(106)87-36-38-117-40-42-119-44-46-120-45-43-118-41-39-116-37-34-67(102)121-59-31-25-23-21-22-24-26-32-59/h27,29-30,50,53-56,59-65H,20-26,28,31-49,51-52H2,1-19H3,(H,87,106)(H,89,105)(H,90,108)(H,92,101)(H,93,104)(H,94,109)(H,95,107)(H,96,110)(H,97,112)(H,100,111)(H3,86,88,113)(H2,91,98,99,114,115)/t56-,60-,61-,62-,63-,64-,65-/m0/s1. The van der Waals surface area contributed by atoms with E-state index in [2.05, 4.69) is 74.1 Å². The minimum Gasteiger partial charge on any atom is -0.462 e. The van der Waals surface area contributed by atoms with E-state index in [1.165, 1.54) is 70.7 Å². The number of amides is 14. The van der Waals surface area contributed by atoms with E-state index in [0.29, 0.717) is 39.6 Å². The zero-order valence-electron chi connectivity index (χ0n) is 76.5. The second-order valence-electron chi connectivity index (χ2n) is 35.1.